The van der Waals surface area contributed by atoms with Crippen molar-refractivity contribution in [3.63, 3.8) is 0 Å². The number of halogens is 3. The van der Waals surface area contributed by atoms with Gasteiger partial charge in [0.15, 0.2) is 0 Å². The number of esters is 1. The maximum atomic E-state index is 13.3. The van der Waals surface area contributed by atoms with Crippen LogP contribution in [0, 0.1) is 11.8 Å². The number of rotatable bonds is 8. The van der Waals surface area contributed by atoms with E-state index in [0.717, 1.165) is 4.90 Å². The van der Waals surface area contributed by atoms with E-state index >= 15 is 0 Å². The van der Waals surface area contributed by atoms with E-state index in [1.54, 1.807) is 26.0 Å². The molecule has 0 aliphatic carbocycles. The largest absolute Gasteiger partial charge is 0.497 e. The number of imide groups is 1. The van der Waals surface area contributed by atoms with Crippen LogP contribution in [-0.2, 0) is 33.9 Å². The van der Waals surface area contributed by atoms with Gasteiger partial charge in [0.1, 0.15) is 11.3 Å². The molecule has 2 aliphatic heterocycles. The first-order chi connectivity index (χ1) is 18.0. The zero-order valence-corrected chi connectivity index (χ0v) is 22.6. The van der Waals surface area contributed by atoms with Crippen molar-refractivity contribution in [2.45, 2.75) is 42.9 Å². The highest BCUT2D eigenvalue weighted by atomic mass is 32.2. The number of hydrogen-bond acceptors (Lipinski definition) is 9. The number of likely N-dealkylation sites (N-methyl/N-ethyl adjacent to an activating group) is 1. The van der Waals surface area contributed by atoms with E-state index in [0.29, 0.717) is 5.75 Å². The molecule has 0 spiro atoms. The van der Waals surface area contributed by atoms with Crippen LogP contribution in [0.5, 0.6) is 5.75 Å². The van der Waals surface area contributed by atoms with E-state index in [1.165, 1.54) is 37.7 Å². The van der Waals surface area contributed by atoms with Gasteiger partial charge in [-0.05, 0) is 30.7 Å². The van der Waals surface area contributed by atoms with Crippen LogP contribution in [0.2, 0.25) is 0 Å². The second kappa shape index (κ2) is 11.9. The first-order valence-electron chi connectivity index (χ1n) is 11.6. The molecule has 218 valence electrons. The lowest BCUT2D eigenvalue weighted by molar-refractivity contribution is -0.192. The summed E-state index contributed by atoms with van der Waals surface area (Å²) in [5.41, 5.74) is -1.40. The van der Waals surface area contributed by atoms with Crippen LogP contribution in [0.25, 0.3) is 0 Å². The predicted molar refractivity (Wildman–Crippen MR) is 128 cm³/mol. The van der Waals surface area contributed by atoms with Crippen molar-refractivity contribution in [2.75, 3.05) is 34.4 Å². The summed E-state index contributed by atoms with van der Waals surface area (Å²) < 4.78 is 69.6. The van der Waals surface area contributed by atoms with E-state index in [1.807, 2.05) is 0 Å². The van der Waals surface area contributed by atoms with E-state index in [9.17, 15) is 36.0 Å². The fraction of sp³-hybridized carbons (Fsp3) is 0.565. The fourth-order valence-electron chi connectivity index (χ4n) is 4.78. The lowest BCUT2D eigenvalue weighted by atomic mass is 9.78. The second-order valence-electron chi connectivity index (χ2n) is 8.74. The number of fused-ring (bicyclic) bond motifs is 1. The number of methoxy groups -OCH3 is 2. The quantitative estimate of drug-likeness (QED) is 0.333. The van der Waals surface area contributed by atoms with Crippen molar-refractivity contribution < 1.29 is 55.3 Å². The monoisotopic (exact) mass is 581 g/mol. The summed E-state index contributed by atoms with van der Waals surface area (Å²) in [6.45, 7) is 3.47. The van der Waals surface area contributed by atoms with Crippen molar-refractivity contribution in [1.29, 1.82) is 0 Å². The summed E-state index contributed by atoms with van der Waals surface area (Å²) in [6.07, 6.45) is -4.87. The van der Waals surface area contributed by atoms with Gasteiger partial charge in [-0.25, -0.2) is 13.2 Å². The topological polar surface area (TPSA) is 160 Å². The maximum absolute atomic E-state index is 13.3. The molecule has 0 aromatic heterocycles. The summed E-state index contributed by atoms with van der Waals surface area (Å²) in [5, 5.41) is 10.3. The molecule has 0 radical (unpaired) electrons. The molecule has 2 aliphatic rings. The number of carbonyl (C=O) groups is 4. The smallest absolute Gasteiger partial charge is 0.490 e. The van der Waals surface area contributed by atoms with E-state index < -0.39 is 63.4 Å². The van der Waals surface area contributed by atoms with Crippen molar-refractivity contribution in [3.8, 4) is 5.75 Å². The number of ether oxygens (including phenoxy) is 2. The molecule has 4 atom stereocenters. The van der Waals surface area contributed by atoms with Gasteiger partial charge in [-0.15, -0.1) is 0 Å². The Morgan fingerprint density at radius 3 is 2.08 bits per heavy atom. The van der Waals surface area contributed by atoms with E-state index in [4.69, 9.17) is 19.4 Å². The minimum Gasteiger partial charge on any atom is -0.497 e. The molecule has 0 unspecified atom stereocenters. The molecule has 3 rings (SSSR count). The van der Waals surface area contributed by atoms with Crippen molar-refractivity contribution in [2.24, 2.45) is 11.8 Å². The number of aliphatic carboxylic acids is 1. The number of nitrogens with one attached hydrogen (secondary N) is 1. The third-order valence-corrected chi connectivity index (χ3v) is 8.73. The van der Waals surface area contributed by atoms with Crippen LogP contribution >= 0.6 is 0 Å². The molecule has 2 fully saturated rings. The SMILES string of the molecule is CCN(C[C@H]1N[C@@](CC)(C(=O)OC)[C@H]2C(=O)N(C)C(=O)[C@@H]12)S(=O)(=O)c1ccc(OC)cc1.O=C(O)C(F)(F)F. The Bertz CT molecular complexity index is 1210. The molecule has 2 heterocycles. The fourth-order valence-corrected chi connectivity index (χ4v) is 6.25. The highest BCUT2D eigenvalue weighted by Crippen LogP contribution is 2.45. The third-order valence-electron chi connectivity index (χ3n) is 6.78. The van der Waals surface area contributed by atoms with E-state index in [2.05, 4.69) is 5.32 Å². The number of likely N-dealkylation sites (tertiary alicyclic amines) is 1. The predicted octanol–water partition coefficient (Wildman–Crippen LogP) is 0.864. The van der Waals surface area contributed by atoms with Gasteiger partial charge in [0, 0.05) is 26.2 Å². The Morgan fingerprint density at radius 2 is 1.67 bits per heavy atom. The summed E-state index contributed by atoms with van der Waals surface area (Å²) in [7, 11) is 0.195. The van der Waals surface area contributed by atoms with Gasteiger partial charge in [0.2, 0.25) is 21.8 Å². The van der Waals surface area contributed by atoms with Crippen LogP contribution in [0.3, 0.4) is 0 Å². The third kappa shape index (κ3) is 6.01. The van der Waals surface area contributed by atoms with Gasteiger partial charge in [-0.2, -0.15) is 17.5 Å². The van der Waals surface area contributed by atoms with E-state index in [-0.39, 0.29) is 24.4 Å². The molecule has 1 aromatic carbocycles. The summed E-state index contributed by atoms with van der Waals surface area (Å²) in [5.74, 6) is -5.60. The second-order valence-corrected chi connectivity index (χ2v) is 10.7. The molecular weight excluding hydrogens is 551 g/mol. The van der Waals surface area contributed by atoms with Crippen LogP contribution < -0.4 is 10.1 Å². The molecular formula is C23H30F3N3O9S. The molecule has 12 nitrogen and oxygen atoms in total. The molecule has 2 N–H and O–H groups in total. The normalized spacial score (nSPS) is 24.7. The minimum atomic E-state index is -5.08. The number of nitrogens with zero attached hydrogens (tertiary/aromatic N) is 2. The van der Waals surface area contributed by atoms with Crippen LogP contribution in [0.15, 0.2) is 29.2 Å². The van der Waals surface area contributed by atoms with Crippen molar-refractivity contribution in [1.82, 2.24) is 14.5 Å². The van der Waals surface area contributed by atoms with Crippen molar-refractivity contribution in [3.05, 3.63) is 24.3 Å². The first-order valence-corrected chi connectivity index (χ1v) is 13.1. The number of carboxylic acid groups (broad SMARTS) is 1. The summed E-state index contributed by atoms with van der Waals surface area (Å²) in [6, 6.07) is 5.26. The van der Waals surface area contributed by atoms with Crippen LogP contribution in [-0.4, -0.2) is 98.6 Å². The average Bonchev–Trinajstić information content (AvgIpc) is 3.35. The molecule has 2 amide bonds. The highest BCUT2D eigenvalue weighted by Gasteiger charge is 2.67. The average molecular weight is 582 g/mol. The lowest BCUT2D eigenvalue weighted by Crippen LogP contribution is -2.58. The number of carbonyl (C=O) groups excluding carboxylic acids is 3. The van der Waals surface area contributed by atoms with Gasteiger partial charge in [-0.1, -0.05) is 13.8 Å². The molecule has 0 bridgehead atoms. The number of alkyl halides is 3. The Balaban J connectivity index is 0.000000673. The van der Waals surface area contributed by atoms with Gasteiger partial charge in [-0.3, -0.25) is 24.6 Å². The molecule has 0 saturated carbocycles. The Kier molecular flexibility index (Phi) is 9.74. The van der Waals surface area contributed by atoms with Gasteiger partial charge < -0.3 is 14.6 Å². The van der Waals surface area contributed by atoms with Crippen LogP contribution in [0.4, 0.5) is 13.2 Å². The summed E-state index contributed by atoms with van der Waals surface area (Å²) in [4.78, 5) is 48.5. The van der Waals surface area contributed by atoms with Crippen molar-refractivity contribution >= 4 is 33.8 Å². The Hall–Kier alpha value is -3.24. The Labute approximate surface area is 223 Å². The zero-order chi connectivity index (χ0) is 29.9. The number of benzene rings is 1. The maximum Gasteiger partial charge on any atom is 0.490 e. The number of sulfonamides is 1. The molecule has 2 saturated heterocycles. The van der Waals surface area contributed by atoms with Crippen LogP contribution in [0.1, 0.15) is 20.3 Å². The minimum absolute atomic E-state index is 0.0790. The van der Waals surface area contributed by atoms with Gasteiger partial charge in [0.25, 0.3) is 0 Å². The molecule has 1 aromatic rings. The number of hydrogen-bond donors (Lipinski definition) is 2. The molecule has 39 heavy (non-hydrogen) atoms. The first kappa shape index (κ1) is 32.0. The zero-order valence-electron chi connectivity index (χ0n) is 21.8. The number of amides is 2. The standard InChI is InChI=1S/C21H29N3O7S.C2HF3O2/c1-6-21(20(27)31-5)17-16(18(25)23(3)19(17)26)15(22-21)12-24(7-2)32(28,29)14-10-8-13(30-4)9-11-14;3-2(4,5)1(6)7/h8-11,15-17,22H,6-7,12H2,1-5H3;(H,6,7)/t15-,16+,17-,21-;/m1./s1. The highest BCUT2D eigenvalue weighted by molar-refractivity contribution is 7.89. The lowest BCUT2D eigenvalue weighted by Gasteiger charge is -2.31. The van der Waals surface area contributed by atoms with Gasteiger partial charge in [0.05, 0.1) is 31.0 Å². The molecule has 16 heteroatoms. The summed E-state index contributed by atoms with van der Waals surface area (Å²) >= 11 is 0. The van der Waals surface area contributed by atoms with Gasteiger partial charge >= 0.3 is 18.1 Å². The number of carboxylic acids is 1. The Morgan fingerprint density at radius 1 is 1.13 bits per heavy atom.